The lowest BCUT2D eigenvalue weighted by Gasteiger charge is -2.36. The Bertz CT molecular complexity index is 790. The maximum absolute atomic E-state index is 13.2. The van der Waals surface area contributed by atoms with Gasteiger partial charge in [-0.1, -0.05) is 12.1 Å². The molecule has 2 aromatic rings. The fourth-order valence-electron chi connectivity index (χ4n) is 3.91. The van der Waals surface area contributed by atoms with E-state index in [0.29, 0.717) is 39.0 Å². The van der Waals surface area contributed by atoms with Gasteiger partial charge in [0.05, 0.1) is 18.6 Å². The first-order valence-corrected chi connectivity index (χ1v) is 9.72. The molecule has 0 radical (unpaired) electrons. The van der Waals surface area contributed by atoms with E-state index in [1.165, 1.54) is 0 Å². The van der Waals surface area contributed by atoms with E-state index >= 15 is 0 Å². The summed E-state index contributed by atoms with van der Waals surface area (Å²) in [5, 5.41) is 13.5. The number of aliphatic hydroxyl groups excluding tert-OH is 1. The van der Waals surface area contributed by atoms with Crippen LogP contribution in [0.3, 0.4) is 0 Å². The molecule has 3 rings (SSSR count). The molecule has 1 amide bonds. The molecule has 0 aliphatic carbocycles. The lowest BCUT2D eigenvalue weighted by atomic mass is 9.73. The fraction of sp³-hybridized carbons (Fsp3) is 0.500. The third-order valence-electron chi connectivity index (χ3n) is 5.57. The summed E-state index contributed by atoms with van der Waals surface area (Å²) in [7, 11) is 1.63. The molecule has 1 atom stereocenters. The van der Waals surface area contributed by atoms with Crippen molar-refractivity contribution in [1.82, 2.24) is 5.32 Å². The fourth-order valence-corrected chi connectivity index (χ4v) is 3.91. The highest BCUT2D eigenvalue weighted by Crippen LogP contribution is 2.36. The molecule has 28 heavy (non-hydrogen) atoms. The van der Waals surface area contributed by atoms with Crippen molar-refractivity contribution in [1.29, 1.82) is 0 Å². The van der Waals surface area contributed by atoms with E-state index in [1.54, 1.807) is 7.11 Å². The minimum Gasteiger partial charge on any atom is -0.497 e. The number of furan rings is 1. The first-order valence-electron chi connectivity index (χ1n) is 9.72. The van der Waals surface area contributed by atoms with Crippen molar-refractivity contribution in [3.8, 4) is 5.75 Å². The second-order valence-corrected chi connectivity index (χ2v) is 7.35. The van der Waals surface area contributed by atoms with Crippen LogP contribution in [0.15, 0.2) is 34.7 Å². The molecule has 1 fully saturated rings. The molecule has 2 N–H and O–H groups in total. The summed E-state index contributed by atoms with van der Waals surface area (Å²) >= 11 is 0. The van der Waals surface area contributed by atoms with Gasteiger partial charge in [-0.3, -0.25) is 4.79 Å². The zero-order chi connectivity index (χ0) is 20.1. The van der Waals surface area contributed by atoms with Gasteiger partial charge in [0.2, 0.25) is 5.91 Å². The Morgan fingerprint density at radius 2 is 1.93 bits per heavy atom. The average molecular weight is 387 g/mol. The monoisotopic (exact) mass is 387 g/mol. The molecular weight excluding hydrogens is 358 g/mol. The topological polar surface area (TPSA) is 80.9 Å². The van der Waals surface area contributed by atoms with Crippen molar-refractivity contribution in [3.63, 3.8) is 0 Å². The second kappa shape index (κ2) is 8.80. The Hall–Kier alpha value is -2.31. The van der Waals surface area contributed by atoms with Gasteiger partial charge in [-0.15, -0.1) is 0 Å². The SMILES string of the molecule is COc1ccc(C2(C(=O)NCCC(O)c3cc(C)oc3C)CCOCC2)cc1. The Morgan fingerprint density at radius 3 is 2.50 bits per heavy atom. The molecule has 152 valence electrons. The number of nitrogens with one attached hydrogen (secondary N) is 1. The van der Waals surface area contributed by atoms with Gasteiger partial charge < -0.3 is 24.3 Å². The maximum Gasteiger partial charge on any atom is 0.230 e. The molecule has 1 aliphatic rings. The number of methoxy groups -OCH3 is 1. The number of carbonyl (C=O) groups excluding carboxylic acids is 1. The third kappa shape index (κ3) is 4.23. The van der Waals surface area contributed by atoms with Crippen LogP contribution in [0.25, 0.3) is 0 Å². The molecule has 6 nitrogen and oxygen atoms in total. The molecule has 6 heteroatoms. The van der Waals surface area contributed by atoms with Crippen LogP contribution in [0.1, 0.15) is 48.0 Å². The van der Waals surface area contributed by atoms with Crippen LogP contribution >= 0.6 is 0 Å². The van der Waals surface area contributed by atoms with E-state index in [0.717, 1.165) is 28.4 Å². The molecule has 1 aliphatic heterocycles. The number of benzene rings is 1. The summed E-state index contributed by atoms with van der Waals surface area (Å²) in [6.07, 6.45) is 1.03. The van der Waals surface area contributed by atoms with Gasteiger partial charge in [0, 0.05) is 25.3 Å². The standard InChI is InChI=1S/C22H29NO5/c1-15-14-19(16(2)28-15)20(24)8-11-23-21(25)22(9-12-27-13-10-22)17-4-6-18(26-3)7-5-17/h4-7,14,20,24H,8-13H2,1-3H3,(H,23,25). The number of aliphatic hydroxyl groups is 1. The predicted molar refractivity (Wildman–Crippen MR) is 105 cm³/mol. The summed E-state index contributed by atoms with van der Waals surface area (Å²) < 4.78 is 16.2. The lowest BCUT2D eigenvalue weighted by Crippen LogP contribution is -2.48. The van der Waals surface area contributed by atoms with Crippen LogP contribution < -0.4 is 10.1 Å². The van der Waals surface area contributed by atoms with Crippen molar-refractivity contribution in [2.75, 3.05) is 26.9 Å². The van der Waals surface area contributed by atoms with Crippen LogP contribution in [0.5, 0.6) is 5.75 Å². The van der Waals surface area contributed by atoms with Crippen LogP contribution in [-0.4, -0.2) is 37.9 Å². The largest absolute Gasteiger partial charge is 0.497 e. The zero-order valence-electron chi connectivity index (χ0n) is 16.8. The molecule has 1 unspecified atom stereocenters. The normalized spacial score (nSPS) is 17.1. The molecule has 0 saturated carbocycles. The van der Waals surface area contributed by atoms with Gasteiger partial charge in [-0.25, -0.2) is 0 Å². The van der Waals surface area contributed by atoms with Crippen molar-refractivity contribution in [2.45, 2.75) is 44.6 Å². The summed E-state index contributed by atoms with van der Waals surface area (Å²) in [4.78, 5) is 13.2. The summed E-state index contributed by atoms with van der Waals surface area (Å²) in [5.74, 6) is 2.24. The van der Waals surface area contributed by atoms with Gasteiger partial charge in [0.25, 0.3) is 0 Å². The van der Waals surface area contributed by atoms with E-state index in [4.69, 9.17) is 13.9 Å². The molecule has 1 aromatic carbocycles. The first-order chi connectivity index (χ1) is 13.5. The highest BCUT2D eigenvalue weighted by Gasteiger charge is 2.41. The van der Waals surface area contributed by atoms with E-state index in [1.807, 2.05) is 44.2 Å². The third-order valence-corrected chi connectivity index (χ3v) is 5.57. The second-order valence-electron chi connectivity index (χ2n) is 7.35. The Labute approximate surface area is 165 Å². The number of ether oxygens (including phenoxy) is 2. The summed E-state index contributed by atoms with van der Waals surface area (Å²) in [6.45, 7) is 5.19. The van der Waals surface area contributed by atoms with Gasteiger partial charge in [0.1, 0.15) is 17.3 Å². The van der Waals surface area contributed by atoms with Crippen molar-refractivity contribution in [3.05, 3.63) is 53.0 Å². The van der Waals surface area contributed by atoms with E-state index in [-0.39, 0.29) is 5.91 Å². The summed E-state index contributed by atoms with van der Waals surface area (Å²) in [6, 6.07) is 9.52. The zero-order valence-corrected chi connectivity index (χ0v) is 16.8. The molecule has 1 saturated heterocycles. The van der Waals surface area contributed by atoms with E-state index in [9.17, 15) is 9.90 Å². The predicted octanol–water partition coefficient (Wildman–Crippen LogP) is 3.19. The molecule has 0 bridgehead atoms. The van der Waals surface area contributed by atoms with Crippen LogP contribution in [0, 0.1) is 13.8 Å². The van der Waals surface area contributed by atoms with Crippen molar-refractivity contribution >= 4 is 5.91 Å². The highest BCUT2D eigenvalue weighted by molar-refractivity contribution is 5.88. The van der Waals surface area contributed by atoms with Gasteiger partial charge in [-0.05, 0) is 56.9 Å². The van der Waals surface area contributed by atoms with E-state index < -0.39 is 11.5 Å². The van der Waals surface area contributed by atoms with Crippen molar-refractivity contribution in [2.24, 2.45) is 0 Å². The molecule has 1 aromatic heterocycles. The Kier molecular flexibility index (Phi) is 6.42. The lowest BCUT2D eigenvalue weighted by molar-refractivity contribution is -0.130. The average Bonchev–Trinajstić information content (AvgIpc) is 3.06. The first kappa shape index (κ1) is 20.4. The maximum atomic E-state index is 13.2. The Balaban J connectivity index is 1.67. The number of aryl methyl sites for hydroxylation is 2. The molecule has 2 heterocycles. The minimum atomic E-state index is -0.663. The van der Waals surface area contributed by atoms with Gasteiger partial charge in [-0.2, -0.15) is 0 Å². The number of hydrogen-bond donors (Lipinski definition) is 2. The Morgan fingerprint density at radius 1 is 1.25 bits per heavy atom. The van der Waals surface area contributed by atoms with Crippen LogP contribution in [-0.2, 0) is 14.9 Å². The molecular formula is C22H29NO5. The minimum absolute atomic E-state index is 0.0201. The number of carbonyl (C=O) groups is 1. The summed E-state index contributed by atoms with van der Waals surface area (Å²) in [5.41, 5.74) is 1.14. The van der Waals surface area contributed by atoms with Gasteiger partial charge >= 0.3 is 0 Å². The highest BCUT2D eigenvalue weighted by atomic mass is 16.5. The van der Waals surface area contributed by atoms with Crippen LogP contribution in [0.4, 0.5) is 0 Å². The van der Waals surface area contributed by atoms with Crippen molar-refractivity contribution < 1.29 is 23.8 Å². The quantitative estimate of drug-likeness (QED) is 0.763. The molecule has 0 spiro atoms. The van der Waals surface area contributed by atoms with Crippen LogP contribution in [0.2, 0.25) is 0 Å². The number of rotatable bonds is 7. The number of hydrogen-bond acceptors (Lipinski definition) is 5. The smallest absolute Gasteiger partial charge is 0.230 e. The van der Waals surface area contributed by atoms with E-state index in [2.05, 4.69) is 5.32 Å². The number of amides is 1. The van der Waals surface area contributed by atoms with Gasteiger partial charge in [0.15, 0.2) is 0 Å².